The number of hydrogen-bond acceptors (Lipinski definition) is 2. The Hall–Kier alpha value is -2.11. The molecule has 1 aliphatic carbocycles. The maximum Gasteiger partial charge on any atom is 0.317 e. The Morgan fingerprint density at radius 1 is 1.23 bits per heavy atom. The Bertz CT molecular complexity index is 574. The number of nitrogens with one attached hydrogen (secondary N) is 2. The lowest BCUT2D eigenvalue weighted by Gasteiger charge is -2.32. The minimum atomic E-state index is -0.383. The number of hydrogen-bond donors (Lipinski definition) is 2. The minimum Gasteiger partial charge on any atom is -0.335 e. The number of halogens is 1. The van der Waals surface area contributed by atoms with Crippen molar-refractivity contribution in [2.45, 2.75) is 31.7 Å². The molecule has 6 heteroatoms. The van der Waals surface area contributed by atoms with Gasteiger partial charge < -0.3 is 15.5 Å². The van der Waals surface area contributed by atoms with Crippen molar-refractivity contribution >= 4 is 17.6 Å². The van der Waals surface area contributed by atoms with Gasteiger partial charge in [0.2, 0.25) is 5.91 Å². The fourth-order valence-corrected chi connectivity index (χ4v) is 2.68. The molecule has 1 saturated heterocycles. The largest absolute Gasteiger partial charge is 0.335 e. The van der Waals surface area contributed by atoms with Gasteiger partial charge in [-0.15, -0.1) is 0 Å². The second kappa shape index (κ2) is 6.34. The van der Waals surface area contributed by atoms with Crippen molar-refractivity contribution < 1.29 is 14.0 Å². The van der Waals surface area contributed by atoms with Crippen LogP contribution in [0.5, 0.6) is 0 Å². The van der Waals surface area contributed by atoms with Crippen molar-refractivity contribution in [1.29, 1.82) is 0 Å². The Kier molecular flexibility index (Phi) is 4.27. The number of likely N-dealkylation sites (tertiary alicyclic amines) is 1. The molecule has 0 aromatic heterocycles. The van der Waals surface area contributed by atoms with Gasteiger partial charge in [0.25, 0.3) is 0 Å². The lowest BCUT2D eigenvalue weighted by Crippen LogP contribution is -2.48. The molecule has 0 radical (unpaired) electrons. The molecule has 0 bridgehead atoms. The number of carbonyl (C=O) groups is 2. The lowest BCUT2D eigenvalue weighted by atomic mass is 9.97. The molecule has 3 amide bonds. The van der Waals surface area contributed by atoms with Crippen LogP contribution in [-0.2, 0) is 4.79 Å². The third kappa shape index (κ3) is 3.75. The van der Waals surface area contributed by atoms with E-state index < -0.39 is 0 Å². The summed E-state index contributed by atoms with van der Waals surface area (Å²) in [5.41, 5.74) is 0.449. The first kappa shape index (κ1) is 14.8. The number of urea groups is 1. The van der Waals surface area contributed by atoms with Gasteiger partial charge in [-0.25, -0.2) is 9.18 Å². The van der Waals surface area contributed by atoms with Crippen molar-refractivity contribution in [3.63, 3.8) is 0 Å². The number of rotatable bonds is 3. The molecular weight excluding hydrogens is 285 g/mol. The summed E-state index contributed by atoms with van der Waals surface area (Å²) in [5, 5.41) is 5.67. The van der Waals surface area contributed by atoms with Crippen molar-refractivity contribution in [3.05, 3.63) is 30.1 Å². The average Bonchev–Trinajstić information content (AvgIpc) is 3.31. The van der Waals surface area contributed by atoms with Gasteiger partial charge in [-0.05, 0) is 43.9 Å². The van der Waals surface area contributed by atoms with E-state index in [1.165, 1.54) is 12.1 Å². The van der Waals surface area contributed by atoms with E-state index >= 15 is 0 Å². The zero-order chi connectivity index (χ0) is 15.5. The van der Waals surface area contributed by atoms with E-state index in [0.29, 0.717) is 24.8 Å². The average molecular weight is 305 g/mol. The van der Waals surface area contributed by atoms with E-state index in [2.05, 4.69) is 10.6 Å². The highest BCUT2D eigenvalue weighted by Crippen LogP contribution is 2.22. The van der Waals surface area contributed by atoms with E-state index in [0.717, 1.165) is 25.7 Å². The van der Waals surface area contributed by atoms with Gasteiger partial charge >= 0.3 is 6.03 Å². The summed E-state index contributed by atoms with van der Waals surface area (Å²) in [5.74, 6) is -0.789. The number of carbonyl (C=O) groups excluding carboxylic acids is 2. The molecule has 22 heavy (non-hydrogen) atoms. The van der Waals surface area contributed by atoms with E-state index in [9.17, 15) is 14.0 Å². The molecule has 118 valence electrons. The Morgan fingerprint density at radius 3 is 2.77 bits per heavy atom. The molecule has 5 nitrogen and oxygen atoms in total. The standard InChI is InChI=1S/C16H20FN3O2/c17-12-4-1-5-14(9-12)18-15(21)11-3-2-8-20(10-11)16(22)19-13-6-7-13/h1,4-5,9,11,13H,2-3,6-8,10H2,(H,18,21)(H,19,22). The van der Waals surface area contributed by atoms with Crippen LogP contribution in [0, 0.1) is 11.7 Å². The van der Waals surface area contributed by atoms with Gasteiger partial charge in [0.05, 0.1) is 5.92 Å². The van der Waals surface area contributed by atoms with Crippen LogP contribution >= 0.6 is 0 Å². The summed E-state index contributed by atoms with van der Waals surface area (Å²) < 4.78 is 13.1. The molecule has 1 atom stereocenters. The number of amides is 3. The minimum absolute atomic E-state index is 0.0780. The summed E-state index contributed by atoms with van der Waals surface area (Å²) >= 11 is 0. The van der Waals surface area contributed by atoms with Crippen LogP contribution in [0.3, 0.4) is 0 Å². The van der Waals surface area contributed by atoms with E-state index in [-0.39, 0.29) is 23.7 Å². The molecule has 1 aliphatic heterocycles. The summed E-state index contributed by atoms with van der Waals surface area (Å²) in [7, 11) is 0. The number of benzene rings is 1. The molecule has 1 aromatic rings. The third-order valence-electron chi connectivity index (χ3n) is 4.08. The quantitative estimate of drug-likeness (QED) is 0.900. The number of anilines is 1. The van der Waals surface area contributed by atoms with Crippen molar-refractivity contribution in [1.82, 2.24) is 10.2 Å². The molecule has 1 saturated carbocycles. The molecule has 0 spiro atoms. The molecule has 2 aliphatic rings. The van der Waals surface area contributed by atoms with Crippen LogP contribution in [0.15, 0.2) is 24.3 Å². The van der Waals surface area contributed by atoms with Crippen LogP contribution in [0.2, 0.25) is 0 Å². The number of piperidine rings is 1. The molecule has 1 heterocycles. The zero-order valence-corrected chi connectivity index (χ0v) is 12.3. The van der Waals surface area contributed by atoms with Crippen molar-refractivity contribution in [2.75, 3.05) is 18.4 Å². The van der Waals surface area contributed by atoms with Crippen LogP contribution in [0.4, 0.5) is 14.9 Å². The maximum atomic E-state index is 13.1. The Morgan fingerprint density at radius 2 is 2.05 bits per heavy atom. The number of nitrogens with zero attached hydrogens (tertiary/aromatic N) is 1. The van der Waals surface area contributed by atoms with E-state index in [4.69, 9.17) is 0 Å². The SMILES string of the molecule is O=C(Nc1cccc(F)c1)C1CCCN(C(=O)NC2CC2)C1. The monoisotopic (exact) mass is 305 g/mol. The second-order valence-electron chi connectivity index (χ2n) is 6.01. The smallest absolute Gasteiger partial charge is 0.317 e. The first-order chi connectivity index (χ1) is 10.6. The lowest BCUT2D eigenvalue weighted by molar-refractivity contribution is -0.121. The van der Waals surface area contributed by atoms with Crippen molar-refractivity contribution in [2.24, 2.45) is 5.92 Å². The van der Waals surface area contributed by atoms with Crippen molar-refractivity contribution in [3.8, 4) is 0 Å². The van der Waals surface area contributed by atoms with Gasteiger partial charge in [-0.3, -0.25) is 4.79 Å². The highest BCUT2D eigenvalue weighted by Gasteiger charge is 2.31. The normalized spacial score (nSPS) is 21.3. The van der Waals surface area contributed by atoms with Crippen LogP contribution in [-0.4, -0.2) is 36.0 Å². The van der Waals surface area contributed by atoms with Gasteiger partial charge in [0.1, 0.15) is 5.82 Å². The fraction of sp³-hybridized carbons (Fsp3) is 0.500. The van der Waals surface area contributed by atoms with Gasteiger partial charge in [-0.2, -0.15) is 0 Å². The van der Waals surface area contributed by atoms with Crippen LogP contribution in [0.25, 0.3) is 0 Å². The topological polar surface area (TPSA) is 61.4 Å². The van der Waals surface area contributed by atoms with Gasteiger partial charge in [0, 0.05) is 24.8 Å². The second-order valence-corrected chi connectivity index (χ2v) is 6.01. The van der Waals surface area contributed by atoms with E-state index in [1.54, 1.807) is 17.0 Å². The van der Waals surface area contributed by atoms with E-state index in [1.807, 2.05) is 0 Å². The third-order valence-corrected chi connectivity index (χ3v) is 4.08. The molecule has 3 rings (SSSR count). The first-order valence-corrected chi connectivity index (χ1v) is 7.74. The molecule has 1 aromatic carbocycles. The summed E-state index contributed by atoms with van der Waals surface area (Å²) in [4.78, 5) is 26.0. The predicted octanol–water partition coefficient (Wildman–Crippen LogP) is 2.35. The summed E-state index contributed by atoms with van der Waals surface area (Å²) in [6, 6.07) is 6.07. The fourth-order valence-electron chi connectivity index (χ4n) is 2.68. The highest BCUT2D eigenvalue weighted by atomic mass is 19.1. The Labute approximate surface area is 128 Å². The van der Waals surface area contributed by atoms with Gasteiger partial charge in [0.15, 0.2) is 0 Å². The predicted molar refractivity (Wildman–Crippen MR) is 80.9 cm³/mol. The molecule has 2 fully saturated rings. The zero-order valence-electron chi connectivity index (χ0n) is 12.3. The summed E-state index contributed by atoms with van der Waals surface area (Å²) in [6.07, 6.45) is 3.64. The van der Waals surface area contributed by atoms with Crippen LogP contribution in [0.1, 0.15) is 25.7 Å². The van der Waals surface area contributed by atoms with Crippen LogP contribution < -0.4 is 10.6 Å². The first-order valence-electron chi connectivity index (χ1n) is 7.74. The molecular formula is C16H20FN3O2. The molecule has 2 N–H and O–H groups in total. The molecule has 1 unspecified atom stereocenters. The van der Waals surface area contributed by atoms with Gasteiger partial charge in [-0.1, -0.05) is 6.07 Å². The maximum absolute atomic E-state index is 13.1. The Balaban J connectivity index is 1.56. The highest BCUT2D eigenvalue weighted by molar-refractivity contribution is 5.93. The summed E-state index contributed by atoms with van der Waals surface area (Å²) in [6.45, 7) is 1.10.